The Kier molecular flexibility index (Phi) is 9.43. The topological polar surface area (TPSA) is 86.8 Å². The predicted molar refractivity (Wildman–Crippen MR) is 133 cm³/mol. The highest BCUT2D eigenvalue weighted by molar-refractivity contribution is 7.92. The molecule has 2 aromatic carbocycles. The fourth-order valence-corrected chi connectivity index (χ4v) is 4.48. The summed E-state index contributed by atoms with van der Waals surface area (Å²) in [5, 5.41) is 3.47. The van der Waals surface area contributed by atoms with Crippen LogP contribution in [0.4, 0.5) is 5.69 Å². The van der Waals surface area contributed by atoms with Gasteiger partial charge in [-0.3, -0.25) is 13.9 Å². The Labute approximate surface area is 209 Å². The quantitative estimate of drug-likeness (QED) is 0.518. The molecule has 0 saturated carbocycles. The van der Waals surface area contributed by atoms with Crippen LogP contribution in [0.3, 0.4) is 0 Å². The van der Waals surface area contributed by atoms with Crippen LogP contribution in [0.25, 0.3) is 0 Å². The third kappa shape index (κ3) is 7.50. The van der Waals surface area contributed by atoms with Crippen molar-refractivity contribution < 1.29 is 18.0 Å². The molecule has 2 amide bonds. The summed E-state index contributed by atoms with van der Waals surface area (Å²) in [4.78, 5) is 27.4. The Morgan fingerprint density at radius 2 is 1.61 bits per heavy atom. The summed E-state index contributed by atoms with van der Waals surface area (Å²) in [6, 6.07) is 10.3. The summed E-state index contributed by atoms with van der Waals surface area (Å²) in [5.41, 5.74) is 0.800. The molecule has 1 atom stereocenters. The van der Waals surface area contributed by atoms with Gasteiger partial charge < -0.3 is 10.2 Å². The van der Waals surface area contributed by atoms with Crippen LogP contribution in [0, 0.1) is 0 Å². The third-order valence-electron chi connectivity index (χ3n) is 4.74. The van der Waals surface area contributed by atoms with Crippen LogP contribution in [0.15, 0.2) is 42.5 Å². The van der Waals surface area contributed by atoms with Crippen LogP contribution in [0.2, 0.25) is 15.1 Å². The van der Waals surface area contributed by atoms with E-state index in [1.165, 1.54) is 23.1 Å². The molecule has 2 aromatic rings. The molecular formula is C22H26Cl3N3O4S. The molecule has 0 radical (unpaired) electrons. The van der Waals surface area contributed by atoms with Crippen LogP contribution in [0.5, 0.6) is 0 Å². The van der Waals surface area contributed by atoms with Crippen molar-refractivity contribution in [2.45, 2.75) is 39.4 Å². The van der Waals surface area contributed by atoms with E-state index in [1.807, 2.05) is 13.8 Å². The summed E-state index contributed by atoms with van der Waals surface area (Å²) in [6.07, 6.45) is 0.968. The fourth-order valence-electron chi connectivity index (χ4n) is 3.05. The minimum atomic E-state index is -3.90. The Morgan fingerprint density at radius 3 is 2.15 bits per heavy atom. The molecule has 2 rings (SSSR count). The Hall–Kier alpha value is -2.00. The number of hydrogen-bond donors (Lipinski definition) is 1. The maximum atomic E-state index is 13.4. The highest BCUT2D eigenvalue weighted by Crippen LogP contribution is 2.33. The van der Waals surface area contributed by atoms with Gasteiger partial charge in [0.25, 0.3) is 0 Å². The molecule has 11 heteroatoms. The van der Waals surface area contributed by atoms with Crippen LogP contribution in [0.1, 0.15) is 26.3 Å². The van der Waals surface area contributed by atoms with Gasteiger partial charge in [0.2, 0.25) is 21.8 Å². The second kappa shape index (κ2) is 11.4. The van der Waals surface area contributed by atoms with Crippen molar-refractivity contribution in [1.82, 2.24) is 10.2 Å². The number of rotatable bonds is 9. The van der Waals surface area contributed by atoms with Crippen LogP contribution < -0.4 is 9.62 Å². The second-order valence-electron chi connectivity index (χ2n) is 7.83. The number of benzene rings is 2. The van der Waals surface area contributed by atoms with Crippen molar-refractivity contribution in [3.05, 3.63) is 63.1 Å². The second-order valence-corrected chi connectivity index (χ2v) is 11.0. The van der Waals surface area contributed by atoms with E-state index >= 15 is 0 Å². The Balaban J connectivity index is 2.43. The van der Waals surface area contributed by atoms with Crippen molar-refractivity contribution in [3.8, 4) is 0 Å². The molecule has 0 heterocycles. The molecule has 0 aliphatic carbocycles. The van der Waals surface area contributed by atoms with Crippen molar-refractivity contribution >= 4 is 62.3 Å². The molecule has 1 N–H and O–H groups in total. The number of hydrogen-bond acceptors (Lipinski definition) is 4. The number of anilines is 1. The molecule has 0 aliphatic rings. The van der Waals surface area contributed by atoms with Gasteiger partial charge in [0, 0.05) is 17.6 Å². The lowest BCUT2D eigenvalue weighted by Crippen LogP contribution is -2.52. The van der Waals surface area contributed by atoms with E-state index in [1.54, 1.807) is 31.2 Å². The molecule has 0 aromatic heterocycles. The van der Waals surface area contributed by atoms with Crippen molar-refractivity contribution in [3.63, 3.8) is 0 Å². The highest BCUT2D eigenvalue weighted by atomic mass is 35.5. The first kappa shape index (κ1) is 27.2. The molecule has 0 spiro atoms. The van der Waals surface area contributed by atoms with E-state index in [2.05, 4.69) is 5.32 Å². The fraction of sp³-hybridized carbons (Fsp3) is 0.364. The van der Waals surface area contributed by atoms with Gasteiger partial charge in [-0.1, -0.05) is 53.0 Å². The predicted octanol–water partition coefficient (Wildman–Crippen LogP) is 4.35. The minimum Gasteiger partial charge on any atom is -0.352 e. The lowest BCUT2D eigenvalue weighted by atomic mass is 10.1. The number of nitrogens with one attached hydrogen (secondary N) is 1. The lowest BCUT2D eigenvalue weighted by Gasteiger charge is -2.32. The Morgan fingerprint density at radius 1 is 1.00 bits per heavy atom. The van der Waals surface area contributed by atoms with Gasteiger partial charge in [0.15, 0.2) is 0 Å². The third-order valence-corrected chi connectivity index (χ3v) is 6.93. The van der Waals surface area contributed by atoms with Gasteiger partial charge in [0.1, 0.15) is 12.6 Å². The minimum absolute atomic E-state index is 0.00671. The smallest absolute Gasteiger partial charge is 0.244 e. The number of nitrogens with zero attached hydrogens (tertiary/aromatic N) is 2. The molecule has 0 aliphatic heterocycles. The van der Waals surface area contributed by atoms with Crippen LogP contribution in [-0.4, -0.2) is 50.0 Å². The van der Waals surface area contributed by atoms with Gasteiger partial charge in [-0.2, -0.15) is 0 Å². The van der Waals surface area contributed by atoms with E-state index in [0.717, 1.165) is 16.1 Å². The molecule has 0 saturated heterocycles. The number of sulfonamides is 1. The number of carbonyl (C=O) groups is 2. The summed E-state index contributed by atoms with van der Waals surface area (Å²) in [7, 11) is -3.90. The maximum absolute atomic E-state index is 13.4. The molecule has 180 valence electrons. The van der Waals surface area contributed by atoms with E-state index in [9.17, 15) is 18.0 Å². The van der Waals surface area contributed by atoms with E-state index in [0.29, 0.717) is 5.02 Å². The zero-order valence-corrected chi connectivity index (χ0v) is 21.8. The van der Waals surface area contributed by atoms with E-state index in [4.69, 9.17) is 34.8 Å². The van der Waals surface area contributed by atoms with E-state index < -0.39 is 28.5 Å². The number of amides is 2. The Bertz CT molecular complexity index is 1110. The monoisotopic (exact) mass is 533 g/mol. The van der Waals surface area contributed by atoms with E-state index in [-0.39, 0.29) is 34.2 Å². The van der Waals surface area contributed by atoms with Crippen molar-refractivity contribution in [1.29, 1.82) is 0 Å². The molecular weight excluding hydrogens is 509 g/mol. The highest BCUT2D eigenvalue weighted by Gasteiger charge is 2.31. The standard InChI is InChI=1S/C22H26Cl3N3O4S/c1-14(2)26-22(30)15(3)27(12-16-8-10-17(23)11-9-16)20(29)13-28(33(4,31)32)19-7-5-6-18(24)21(19)25/h5-11,14-15H,12-13H2,1-4H3,(H,26,30)/t15-/m0/s1. The lowest BCUT2D eigenvalue weighted by molar-refractivity contribution is -0.139. The average Bonchev–Trinajstić information content (AvgIpc) is 2.72. The first-order chi connectivity index (χ1) is 15.3. The average molecular weight is 535 g/mol. The van der Waals surface area contributed by atoms with Crippen LogP contribution in [-0.2, 0) is 26.2 Å². The molecule has 0 unspecified atom stereocenters. The van der Waals surface area contributed by atoms with Crippen LogP contribution >= 0.6 is 34.8 Å². The zero-order chi connectivity index (χ0) is 24.9. The van der Waals surface area contributed by atoms with Gasteiger partial charge in [-0.25, -0.2) is 8.42 Å². The normalized spacial score (nSPS) is 12.4. The summed E-state index contributed by atoms with van der Waals surface area (Å²) in [6.45, 7) is 4.71. The maximum Gasteiger partial charge on any atom is 0.244 e. The van der Waals surface area contributed by atoms with Crippen molar-refractivity contribution in [2.75, 3.05) is 17.1 Å². The molecule has 0 bridgehead atoms. The number of carbonyl (C=O) groups excluding carboxylic acids is 2. The SMILES string of the molecule is CC(C)NC(=O)[C@H](C)N(Cc1ccc(Cl)cc1)C(=O)CN(c1cccc(Cl)c1Cl)S(C)(=O)=O. The van der Waals surface area contributed by atoms with Gasteiger partial charge in [0.05, 0.1) is 22.0 Å². The summed E-state index contributed by atoms with van der Waals surface area (Å²) in [5.74, 6) is -0.947. The van der Waals surface area contributed by atoms with Crippen molar-refractivity contribution in [2.24, 2.45) is 0 Å². The molecule has 7 nitrogen and oxygen atoms in total. The van der Waals surface area contributed by atoms with Gasteiger partial charge in [-0.05, 0) is 50.6 Å². The summed E-state index contributed by atoms with van der Waals surface area (Å²) < 4.78 is 26.0. The summed E-state index contributed by atoms with van der Waals surface area (Å²) >= 11 is 18.2. The zero-order valence-electron chi connectivity index (χ0n) is 18.7. The molecule has 0 fully saturated rings. The molecule has 33 heavy (non-hydrogen) atoms. The number of halogens is 3. The van der Waals surface area contributed by atoms with Gasteiger partial charge >= 0.3 is 0 Å². The first-order valence-electron chi connectivity index (χ1n) is 10.1. The van der Waals surface area contributed by atoms with Gasteiger partial charge in [-0.15, -0.1) is 0 Å². The first-order valence-corrected chi connectivity index (χ1v) is 13.1. The largest absolute Gasteiger partial charge is 0.352 e.